The molecule has 0 bridgehead atoms. The molecular formula is C11H19NO. The number of rotatable bonds is 3. The van der Waals surface area contributed by atoms with Gasteiger partial charge in [-0.2, -0.15) is 0 Å². The van der Waals surface area contributed by atoms with Gasteiger partial charge in [0.15, 0.2) is 0 Å². The third-order valence-electron chi connectivity index (χ3n) is 4.48. The maximum absolute atomic E-state index is 10.4. The lowest BCUT2D eigenvalue weighted by molar-refractivity contribution is -0.110. The Labute approximate surface area is 80.1 Å². The Morgan fingerprint density at radius 3 is 2.62 bits per heavy atom. The Bertz CT molecular complexity index is 226. The first-order chi connectivity index (χ1) is 6.12. The monoisotopic (exact) mass is 181 g/mol. The summed E-state index contributed by atoms with van der Waals surface area (Å²) in [6.45, 7) is 6.91. The first-order valence-electron chi connectivity index (χ1n) is 5.31. The molecule has 0 unspecified atom stereocenters. The predicted molar refractivity (Wildman–Crippen MR) is 52.1 cm³/mol. The number of fused-ring (bicyclic) bond motifs is 1. The van der Waals surface area contributed by atoms with Crippen LogP contribution in [0.4, 0.5) is 0 Å². The van der Waals surface area contributed by atoms with Crippen molar-refractivity contribution in [1.82, 2.24) is 5.32 Å². The molecule has 2 heteroatoms. The van der Waals surface area contributed by atoms with Crippen LogP contribution in [0.3, 0.4) is 0 Å². The highest BCUT2D eigenvalue weighted by molar-refractivity contribution is 5.47. The minimum Gasteiger partial charge on any atom is -0.356 e. The second-order valence-electron chi connectivity index (χ2n) is 5.15. The van der Waals surface area contributed by atoms with Crippen LogP contribution in [0.2, 0.25) is 0 Å². The van der Waals surface area contributed by atoms with Crippen LogP contribution in [-0.2, 0) is 4.79 Å². The largest absolute Gasteiger partial charge is 0.356 e. The Morgan fingerprint density at radius 2 is 2.15 bits per heavy atom. The van der Waals surface area contributed by atoms with Gasteiger partial charge in [0.2, 0.25) is 6.41 Å². The fraction of sp³-hybridized carbons (Fsp3) is 0.909. The molecule has 0 saturated heterocycles. The Morgan fingerprint density at radius 1 is 1.46 bits per heavy atom. The molecule has 74 valence electrons. The Kier molecular flexibility index (Phi) is 1.90. The summed E-state index contributed by atoms with van der Waals surface area (Å²) in [5.41, 5.74) is 0.583. The van der Waals surface area contributed by atoms with Crippen LogP contribution in [0.25, 0.3) is 0 Å². The van der Waals surface area contributed by atoms with Crippen molar-refractivity contribution in [3.8, 4) is 0 Å². The molecule has 2 aliphatic rings. The molecule has 0 aromatic carbocycles. The first kappa shape index (κ1) is 9.04. The average Bonchev–Trinajstić information content (AvgIpc) is 2.73. The summed E-state index contributed by atoms with van der Waals surface area (Å²) >= 11 is 0. The lowest BCUT2D eigenvalue weighted by atomic mass is 9.89. The molecule has 2 rings (SSSR count). The van der Waals surface area contributed by atoms with Gasteiger partial charge < -0.3 is 5.32 Å². The van der Waals surface area contributed by atoms with E-state index in [2.05, 4.69) is 26.1 Å². The maximum atomic E-state index is 10.4. The van der Waals surface area contributed by atoms with Crippen LogP contribution < -0.4 is 5.32 Å². The molecule has 13 heavy (non-hydrogen) atoms. The quantitative estimate of drug-likeness (QED) is 0.661. The van der Waals surface area contributed by atoms with Crippen molar-refractivity contribution in [2.45, 2.75) is 39.7 Å². The fourth-order valence-corrected chi connectivity index (χ4v) is 3.37. The molecule has 0 aliphatic heterocycles. The molecule has 2 aliphatic carbocycles. The number of nitrogens with one attached hydrogen (secondary N) is 1. The second-order valence-corrected chi connectivity index (χ2v) is 5.15. The first-order valence-corrected chi connectivity index (χ1v) is 5.31. The molecule has 0 aromatic heterocycles. The van der Waals surface area contributed by atoms with Gasteiger partial charge in [0.1, 0.15) is 0 Å². The topological polar surface area (TPSA) is 29.1 Å². The molecular weight excluding hydrogens is 162 g/mol. The molecule has 2 nitrogen and oxygen atoms in total. The van der Waals surface area contributed by atoms with Gasteiger partial charge in [0.05, 0.1) is 0 Å². The minimum atomic E-state index is 0.443. The van der Waals surface area contributed by atoms with Crippen LogP contribution >= 0.6 is 0 Å². The molecule has 0 aromatic rings. The second kappa shape index (κ2) is 2.73. The zero-order valence-corrected chi connectivity index (χ0v) is 8.71. The van der Waals surface area contributed by atoms with E-state index in [0.717, 1.165) is 18.2 Å². The highest BCUT2D eigenvalue weighted by Gasteiger charge is 2.64. The van der Waals surface area contributed by atoms with Gasteiger partial charge in [0.25, 0.3) is 0 Å². The highest BCUT2D eigenvalue weighted by atomic mass is 16.1. The van der Waals surface area contributed by atoms with Crippen molar-refractivity contribution in [1.29, 1.82) is 0 Å². The van der Waals surface area contributed by atoms with Crippen molar-refractivity contribution in [3.05, 3.63) is 0 Å². The summed E-state index contributed by atoms with van der Waals surface area (Å²) < 4.78 is 0. The zero-order valence-electron chi connectivity index (χ0n) is 8.71. The van der Waals surface area contributed by atoms with Crippen LogP contribution in [0.15, 0.2) is 0 Å². The third kappa shape index (κ3) is 1.11. The normalized spacial score (nSPS) is 47.5. The average molecular weight is 181 g/mol. The summed E-state index contributed by atoms with van der Waals surface area (Å²) in [6, 6.07) is 0.443. The van der Waals surface area contributed by atoms with E-state index in [0.29, 0.717) is 17.4 Å². The van der Waals surface area contributed by atoms with Crippen molar-refractivity contribution in [3.63, 3.8) is 0 Å². The van der Waals surface area contributed by atoms with E-state index in [1.54, 1.807) is 0 Å². The van der Waals surface area contributed by atoms with Gasteiger partial charge in [-0.1, -0.05) is 20.8 Å². The smallest absolute Gasteiger partial charge is 0.207 e. The van der Waals surface area contributed by atoms with E-state index in [1.807, 2.05) is 0 Å². The van der Waals surface area contributed by atoms with E-state index in [9.17, 15) is 4.79 Å². The van der Waals surface area contributed by atoms with Crippen LogP contribution in [-0.4, -0.2) is 12.5 Å². The SMILES string of the molecule is CC(C)[C@]12C[C@H](NC=O)[C@@H](C)[C@H]1C2. The van der Waals surface area contributed by atoms with E-state index >= 15 is 0 Å². The molecule has 0 radical (unpaired) electrons. The van der Waals surface area contributed by atoms with Gasteiger partial charge in [0, 0.05) is 6.04 Å². The molecule has 4 atom stereocenters. The summed E-state index contributed by atoms with van der Waals surface area (Å²) in [5, 5.41) is 2.95. The van der Waals surface area contributed by atoms with Gasteiger partial charge in [-0.25, -0.2) is 0 Å². The number of carbonyl (C=O) groups is 1. The predicted octanol–water partition coefficient (Wildman–Crippen LogP) is 1.80. The van der Waals surface area contributed by atoms with Gasteiger partial charge >= 0.3 is 0 Å². The summed E-state index contributed by atoms with van der Waals surface area (Å²) in [7, 11) is 0. The van der Waals surface area contributed by atoms with E-state index in [-0.39, 0.29) is 0 Å². The number of carbonyl (C=O) groups excluding carboxylic acids is 1. The lowest BCUT2D eigenvalue weighted by Gasteiger charge is -2.20. The number of hydrogen-bond donors (Lipinski definition) is 1. The molecule has 2 fully saturated rings. The molecule has 0 spiro atoms. The molecule has 2 saturated carbocycles. The minimum absolute atomic E-state index is 0.443. The Balaban J connectivity index is 2.06. The fourth-order valence-electron chi connectivity index (χ4n) is 3.37. The number of amides is 1. The van der Waals surface area contributed by atoms with E-state index in [1.165, 1.54) is 12.8 Å². The molecule has 1 amide bonds. The van der Waals surface area contributed by atoms with Crippen molar-refractivity contribution < 1.29 is 4.79 Å². The third-order valence-corrected chi connectivity index (χ3v) is 4.48. The Hall–Kier alpha value is -0.530. The van der Waals surface area contributed by atoms with Crippen LogP contribution in [0.5, 0.6) is 0 Å². The van der Waals surface area contributed by atoms with Gasteiger partial charge in [-0.15, -0.1) is 0 Å². The van der Waals surface area contributed by atoms with Crippen molar-refractivity contribution in [2.75, 3.05) is 0 Å². The van der Waals surface area contributed by atoms with Crippen molar-refractivity contribution in [2.24, 2.45) is 23.2 Å². The summed E-state index contributed by atoms with van der Waals surface area (Å²) in [5.74, 6) is 2.34. The highest BCUT2D eigenvalue weighted by Crippen LogP contribution is 2.69. The van der Waals surface area contributed by atoms with Crippen LogP contribution in [0.1, 0.15) is 33.6 Å². The summed E-state index contributed by atoms with van der Waals surface area (Å²) in [6.07, 6.45) is 3.46. The zero-order chi connectivity index (χ0) is 9.64. The lowest BCUT2D eigenvalue weighted by Crippen LogP contribution is -2.32. The van der Waals surface area contributed by atoms with Crippen LogP contribution in [0, 0.1) is 23.2 Å². The maximum Gasteiger partial charge on any atom is 0.207 e. The van der Waals surface area contributed by atoms with E-state index in [4.69, 9.17) is 0 Å². The number of hydrogen-bond acceptors (Lipinski definition) is 1. The van der Waals surface area contributed by atoms with Crippen molar-refractivity contribution >= 4 is 6.41 Å². The standard InChI is InChI=1S/C11H19NO/c1-7(2)11-4-9(11)8(3)10(5-11)12-6-13/h6-10H,4-5H2,1-3H3,(H,12,13)/t8-,9+,10-,11-/m0/s1. The van der Waals surface area contributed by atoms with Gasteiger partial charge in [-0.05, 0) is 36.0 Å². The molecule has 0 heterocycles. The van der Waals surface area contributed by atoms with Gasteiger partial charge in [-0.3, -0.25) is 4.79 Å². The van der Waals surface area contributed by atoms with E-state index < -0.39 is 0 Å². The molecule has 1 N–H and O–H groups in total. The summed E-state index contributed by atoms with van der Waals surface area (Å²) in [4.78, 5) is 10.4.